The normalized spacial score (nSPS) is 13.5. The molecule has 38 heavy (non-hydrogen) atoms. The van der Waals surface area contributed by atoms with Crippen LogP contribution in [-0.4, -0.2) is 47.3 Å². The number of carbonyl (C=O) groups is 3. The topological polar surface area (TPSA) is 117 Å². The molecule has 0 saturated heterocycles. The number of hydrogen-bond donors (Lipinski definition) is 3. The van der Waals surface area contributed by atoms with Crippen LogP contribution in [0.15, 0.2) is 53.2 Å². The maximum Gasteiger partial charge on any atom is 0.315 e. The van der Waals surface area contributed by atoms with Crippen LogP contribution in [0.1, 0.15) is 47.4 Å². The van der Waals surface area contributed by atoms with Gasteiger partial charge in [0.25, 0.3) is 0 Å². The van der Waals surface area contributed by atoms with Gasteiger partial charge in [0.15, 0.2) is 11.5 Å². The van der Waals surface area contributed by atoms with Gasteiger partial charge in [-0.1, -0.05) is 38.0 Å². The van der Waals surface area contributed by atoms with Gasteiger partial charge in [-0.05, 0) is 47.0 Å². The molecule has 0 fully saturated rings. The molecule has 0 saturated carbocycles. The van der Waals surface area contributed by atoms with Crippen LogP contribution < -0.4 is 20.1 Å². The van der Waals surface area contributed by atoms with Crippen molar-refractivity contribution in [3.63, 3.8) is 0 Å². The van der Waals surface area contributed by atoms with E-state index in [1.807, 2.05) is 41.9 Å². The van der Waals surface area contributed by atoms with E-state index in [4.69, 9.17) is 9.47 Å². The van der Waals surface area contributed by atoms with Crippen LogP contribution in [0.5, 0.6) is 11.5 Å². The number of benzene rings is 1. The Morgan fingerprint density at radius 2 is 1.71 bits per heavy atom. The quantitative estimate of drug-likeness (QED) is 0.278. The van der Waals surface area contributed by atoms with E-state index in [9.17, 15) is 19.5 Å². The van der Waals surface area contributed by atoms with E-state index in [2.05, 4.69) is 10.6 Å². The van der Waals surface area contributed by atoms with Gasteiger partial charge in [-0.25, -0.2) is 4.79 Å². The molecule has 202 valence electrons. The molecule has 11 heteroatoms. The molecule has 3 N–H and O–H groups in total. The Hall–Kier alpha value is -3.57. The Morgan fingerprint density at radius 3 is 2.32 bits per heavy atom. The van der Waals surface area contributed by atoms with Crippen LogP contribution in [-0.2, 0) is 22.7 Å². The minimum Gasteiger partial charge on any atom is -0.481 e. The molecule has 2 atom stereocenters. The highest BCUT2D eigenvalue weighted by Crippen LogP contribution is 2.34. The third kappa shape index (κ3) is 7.26. The number of hydrogen-bond acceptors (Lipinski definition) is 7. The molecule has 1 aliphatic rings. The number of carboxylic acid groups (broad SMARTS) is 1. The fourth-order valence-electron chi connectivity index (χ4n) is 4.16. The number of amides is 3. The lowest BCUT2D eigenvalue weighted by molar-refractivity contribution is -0.138. The Labute approximate surface area is 229 Å². The largest absolute Gasteiger partial charge is 0.481 e. The van der Waals surface area contributed by atoms with Gasteiger partial charge in [0, 0.05) is 16.3 Å². The summed E-state index contributed by atoms with van der Waals surface area (Å²) in [4.78, 5) is 42.4. The van der Waals surface area contributed by atoms with E-state index < -0.39 is 24.0 Å². The maximum atomic E-state index is 13.7. The fourth-order valence-corrected chi connectivity index (χ4v) is 5.60. The molecule has 3 amide bonds. The second-order valence-electron chi connectivity index (χ2n) is 8.91. The summed E-state index contributed by atoms with van der Waals surface area (Å²) in [6.07, 6.45) is 2.12. The van der Waals surface area contributed by atoms with Crippen molar-refractivity contribution in [2.24, 2.45) is 0 Å². The first-order valence-electron chi connectivity index (χ1n) is 12.4. The molecular weight excluding hydrogens is 526 g/mol. The first kappa shape index (κ1) is 27.5. The molecule has 3 aromatic rings. The van der Waals surface area contributed by atoms with E-state index in [0.717, 1.165) is 22.6 Å². The first-order chi connectivity index (χ1) is 18.4. The van der Waals surface area contributed by atoms with Gasteiger partial charge < -0.3 is 30.1 Å². The maximum absolute atomic E-state index is 13.7. The van der Waals surface area contributed by atoms with Gasteiger partial charge in [-0.15, -0.1) is 22.7 Å². The molecule has 0 radical (unpaired) electrons. The molecule has 1 aliphatic heterocycles. The average Bonchev–Trinajstić information content (AvgIpc) is 3.69. The van der Waals surface area contributed by atoms with E-state index >= 15 is 0 Å². The lowest BCUT2D eigenvalue weighted by atomic mass is 9.99. The number of urea groups is 1. The minimum atomic E-state index is -1.08. The number of nitrogens with one attached hydrogen (secondary N) is 2. The standard InChI is InChI=1S/C27H31N3O6S2/c1-2-3-8-22(25(31)30(15-19-6-4-11-37-19)16-20-7-5-12-38-20)29-27(34)28-14-21(26(32)33)18-9-10-23-24(13-18)36-17-35-23/h4-7,9-13,21-22H,2-3,8,14-17H2,1H3,(H,32,33)(H2,28,29,34)/t21-,22+/m1/s1. The van der Waals surface area contributed by atoms with Crippen LogP contribution >= 0.6 is 22.7 Å². The van der Waals surface area contributed by atoms with Crippen molar-refractivity contribution < 1.29 is 29.0 Å². The number of fused-ring (bicyclic) bond motifs is 1. The van der Waals surface area contributed by atoms with E-state index in [-0.39, 0.29) is 19.2 Å². The lowest BCUT2D eigenvalue weighted by Crippen LogP contribution is -2.51. The van der Waals surface area contributed by atoms with Crippen LogP contribution in [0.25, 0.3) is 0 Å². The van der Waals surface area contributed by atoms with E-state index in [1.165, 1.54) is 0 Å². The van der Waals surface area contributed by atoms with Crippen molar-refractivity contribution in [3.05, 3.63) is 68.5 Å². The van der Waals surface area contributed by atoms with Gasteiger partial charge in [0.05, 0.1) is 19.0 Å². The zero-order valence-corrected chi connectivity index (χ0v) is 22.7. The molecule has 2 aromatic heterocycles. The second-order valence-corrected chi connectivity index (χ2v) is 11.0. The monoisotopic (exact) mass is 557 g/mol. The lowest BCUT2D eigenvalue weighted by Gasteiger charge is -2.27. The Kier molecular flexibility index (Phi) is 9.61. The highest BCUT2D eigenvalue weighted by atomic mass is 32.1. The summed E-state index contributed by atoms with van der Waals surface area (Å²) in [6, 6.07) is 11.5. The van der Waals surface area contributed by atoms with Crippen LogP contribution in [0, 0.1) is 0 Å². The number of carbonyl (C=O) groups excluding carboxylic acids is 2. The third-order valence-corrected chi connectivity index (χ3v) is 7.90. The second kappa shape index (κ2) is 13.3. The van der Waals surface area contributed by atoms with Gasteiger partial charge in [-0.3, -0.25) is 9.59 Å². The Balaban J connectivity index is 1.42. The molecule has 1 aromatic carbocycles. The Bertz CT molecular complexity index is 1180. The van der Waals surface area contributed by atoms with E-state index in [0.29, 0.717) is 36.6 Å². The summed E-state index contributed by atoms with van der Waals surface area (Å²) in [5.41, 5.74) is 0.485. The highest BCUT2D eigenvalue weighted by molar-refractivity contribution is 7.10. The summed E-state index contributed by atoms with van der Waals surface area (Å²) in [5.74, 6) is -1.22. The summed E-state index contributed by atoms with van der Waals surface area (Å²) in [7, 11) is 0. The van der Waals surface area contributed by atoms with Crippen molar-refractivity contribution in [2.45, 2.75) is 51.2 Å². The number of carboxylic acids is 1. The number of unbranched alkanes of at least 4 members (excludes halogenated alkanes) is 1. The number of ether oxygens (including phenoxy) is 2. The van der Waals surface area contributed by atoms with Crippen LogP contribution in [0.3, 0.4) is 0 Å². The van der Waals surface area contributed by atoms with Gasteiger partial charge >= 0.3 is 12.0 Å². The first-order valence-corrected chi connectivity index (χ1v) is 14.2. The van der Waals surface area contributed by atoms with E-state index in [1.54, 1.807) is 45.8 Å². The van der Waals surface area contributed by atoms with Crippen molar-refractivity contribution in [3.8, 4) is 11.5 Å². The van der Waals surface area contributed by atoms with Crippen LogP contribution in [0.4, 0.5) is 4.79 Å². The van der Waals surface area contributed by atoms with Crippen molar-refractivity contribution in [2.75, 3.05) is 13.3 Å². The van der Waals surface area contributed by atoms with Gasteiger partial charge in [0.2, 0.25) is 12.7 Å². The molecule has 0 spiro atoms. The molecular formula is C27H31N3O6S2. The molecule has 9 nitrogen and oxygen atoms in total. The number of aliphatic carboxylic acids is 1. The molecule has 0 unspecified atom stereocenters. The van der Waals surface area contributed by atoms with Crippen molar-refractivity contribution in [1.82, 2.24) is 15.5 Å². The third-order valence-electron chi connectivity index (χ3n) is 6.18. The molecule has 0 bridgehead atoms. The minimum absolute atomic E-state index is 0.0837. The van der Waals surface area contributed by atoms with Crippen molar-refractivity contribution >= 4 is 40.6 Å². The molecule has 0 aliphatic carbocycles. The summed E-state index contributed by atoms with van der Waals surface area (Å²) in [5, 5.41) is 19.2. The summed E-state index contributed by atoms with van der Waals surface area (Å²) < 4.78 is 10.6. The van der Waals surface area contributed by atoms with Gasteiger partial charge in [0.1, 0.15) is 6.04 Å². The number of nitrogens with zero attached hydrogens (tertiary/aromatic N) is 1. The molecule has 4 rings (SSSR count). The smallest absolute Gasteiger partial charge is 0.315 e. The van der Waals surface area contributed by atoms with Crippen LogP contribution in [0.2, 0.25) is 0 Å². The Morgan fingerprint density at radius 1 is 1.03 bits per heavy atom. The summed E-state index contributed by atoms with van der Waals surface area (Å²) >= 11 is 3.16. The number of thiophene rings is 2. The fraction of sp³-hybridized carbons (Fsp3) is 0.370. The van der Waals surface area contributed by atoms with Gasteiger partial charge in [-0.2, -0.15) is 0 Å². The van der Waals surface area contributed by atoms with Crippen molar-refractivity contribution in [1.29, 1.82) is 0 Å². The molecule has 3 heterocycles. The average molecular weight is 558 g/mol. The predicted octanol–water partition coefficient (Wildman–Crippen LogP) is 4.79. The zero-order valence-electron chi connectivity index (χ0n) is 21.1. The SMILES string of the molecule is CCCC[C@H](NC(=O)NC[C@@H](C(=O)O)c1ccc2c(c1)OCO2)C(=O)N(Cc1cccs1)Cc1cccs1. The highest BCUT2D eigenvalue weighted by Gasteiger charge is 2.28. The predicted molar refractivity (Wildman–Crippen MR) is 146 cm³/mol. The zero-order chi connectivity index (χ0) is 26.9. The summed E-state index contributed by atoms with van der Waals surface area (Å²) in [6.45, 7) is 2.86. The number of rotatable bonds is 13.